The van der Waals surface area contributed by atoms with Gasteiger partial charge in [0.05, 0.1) is 11.7 Å². The van der Waals surface area contributed by atoms with Crippen LogP contribution >= 0.6 is 0 Å². The maximum absolute atomic E-state index is 12.3. The Morgan fingerprint density at radius 2 is 2.12 bits per heavy atom. The Kier molecular flexibility index (Phi) is 4.88. The first-order chi connectivity index (χ1) is 12.8. The first-order valence-electron chi connectivity index (χ1n) is 8.76. The monoisotopic (exact) mass is 355 g/mol. The van der Waals surface area contributed by atoms with Crippen LogP contribution in [0.5, 0.6) is 11.5 Å². The fourth-order valence-corrected chi connectivity index (χ4v) is 2.99. The number of nitrogens with zero attached hydrogens (tertiary/aromatic N) is 1. The molecule has 3 heterocycles. The fraction of sp³-hybridized carbons (Fsp3) is 0.368. The molecule has 1 fully saturated rings. The molecule has 1 amide bonds. The fourth-order valence-electron chi connectivity index (χ4n) is 2.99. The molecule has 0 spiro atoms. The average molecular weight is 355 g/mol. The van der Waals surface area contributed by atoms with Crippen molar-refractivity contribution in [2.24, 2.45) is 0 Å². The van der Waals surface area contributed by atoms with Crippen LogP contribution < -0.4 is 20.1 Å². The first kappa shape index (κ1) is 16.7. The first-order valence-corrected chi connectivity index (χ1v) is 8.76. The molecule has 26 heavy (non-hydrogen) atoms. The average Bonchev–Trinajstić information content (AvgIpc) is 3.36. The van der Waals surface area contributed by atoms with Gasteiger partial charge in [-0.2, -0.15) is 0 Å². The molecule has 7 nitrogen and oxygen atoms in total. The number of benzene rings is 1. The van der Waals surface area contributed by atoms with E-state index in [1.54, 1.807) is 12.3 Å². The summed E-state index contributed by atoms with van der Waals surface area (Å²) in [6.45, 7) is 2.23. The number of pyridine rings is 1. The molecule has 1 saturated heterocycles. The molecule has 0 bridgehead atoms. The number of aromatic nitrogens is 1. The van der Waals surface area contributed by atoms with Crippen molar-refractivity contribution in [1.82, 2.24) is 10.3 Å². The van der Waals surface area contributed by atoms with Crippen molar-refractivity contribution in [2.45, 2.75) is 25.5 Å². The van der Waals surface area contributed by atoms with Crippen LogP contribution in [0.4, 0.5) is 5.82 Å². The van der Waals surface area contributed by atoms with Crippen LogP contribution in [0.2, 0.25) is 0 Å². The summed E-state index contributed by atoms with van der Waals surface area (Å²) >= 11 is 0. The van der Waals surface area contributed by atoms with E-state index in [4.69, 9.17) is 14.2 Å². The minimum Gasteiger partial charge on any atom is -0.454 e. The highest BCUT2D eigenvalue weighted by atomic mass is 16.7. The minimum atomic E-state index is -0.166. The van der Waals surface area contributed by atoms with Gasteiger partial charge in [-0.05, 0) is 42.7 Å². The Morgan fingerprint density at radius 1 is 1.19 bits per heavy atom. The summed E-state index contributed by atoms with van der Waals surface area (Å²) in [5.74, 6) is 2.02. The lowest BCUT2D eigenvalue weighted by atomic mass is 10.2. The van der Waals surface area contributed by atoms with Crippen molar-refractivity contribution in [1.29, 1.82) is 0 Å². The van der Waals surface area contributed by atoms with E-state index in [-0.39, 0.29) is 18.8 Å². The highest BCUT2D eigenvalue weighted by molar-refractivity contribution is 5.94. The summed E-state index contributed by atoms with van der Waals surface area (Å²) < 4.78 is 16.2. The van der Waals surface area contributed by atoms with Crippen molar-refractivity contribution in [3.8, 4) is 11.5 Å². The Bertz CT molecular complexity index is 773. The van der Waals surface area contributed by atoms with Gasteiger partial charge < -0.3 is 24.8 Å². The van der Waals surface area contributed by atoms with Crippen LogP contribution in [0.3, 0.4) is 0 Å². The number of carbonyl (C=O) groups excluding carboxylic acids is 1. The number of hydrogen-bond acceptors (Lipinski definition) is 6. The van der Waals surface area contributed by atoms with Gasteiger partial charge in [0.1, 0.15) is 5.82 Å². The molecule has 0 saturated carbocycles. The number of fused-ring (bicyclic) bond motifs is 1. The summed E-state index contributed by atoms with van der Waals surface area (Å²) in [6, 6.07) is 9.20. The zero-order chi connectivity index (χ0) is 17.8. The zero-order valence-corrected chi connectivity index (χ0v) is 14.4. The van der Waals surface area contributed by atoms with Crippen LogP contribution in [-0.2, 0) is 11.3 Å². The van der Waals surface area contributed by atoms with Gasteiger partial charge in [-0.1, -0.05) is 6.07 Å². The summed E-state index contributed by atoms with van der Waals surface area (Å²) in [7, 11) is 0. The van der Waals surface area contributed by atoms with Crippen LogP contribution in [0, 0.1) is 0 Å². The standard InChI is InChI=1S/C19H21N3O4/c23-19(22-9-13-3-5-16-17(8-13)26-12-25-16)14-4-6-18(20-10-14)21-11-15-2-1-7-24-15/h3-6,8,10,15H,1-2,7,9,11-12H2,(H,20,21)(H,22,23). The van der Waals surface area contributed by atoms with Crippen LogP contribution in [-0.4, -0.2) is 36.9 Å². The van der Waals surface area contributed by atoms with Crippen molar-refractivity contribution in [3.05, 3.63) is 47.7 Å². The van der Waals surface area contributed by atoms with Gasteiger partial charge in [0.2, 0.25) is 6.79 Å². The third-order valence-corrected chi connectivity index (χ3v) is 4.45. The van der Waals surface area contributed by atoms with E-state index in [0.29, 0.717) is 17.9 Å². The van der Waals surface area contributed by atoms with Crippen LogP contribution in [0.1, 0.15) is 28.8 Å². The maximum atomic E-state index is 12.3. The Balaban J connectivity index is 1.28. The molecule has 0 radical (unpaired) electrons. The molecule has 1 aromatic heterocycles. The SMILES string of the molecule is O=C(NCc1ccc2c(c1)OCO2)c1ccc(NCC2CCCO2)nc1. The molecule has 1 atom stereocenters. The molecule has 2 N–H and O–H groups in total. The summed E-state index contributed by atoms with van der Waals surface area (Å²) in [5, 5.41) is 6.13. The maximum Gasteiger partial charge on any atom is 0.253 e. The van der Waals surface area contributed by atoms with E-state index < -0.39 is 0 Å². The molecule has 2 aromatic rings. The summed E-state index contributed by atoms with van der Waals surface area (Å²) in [5.41, 5.74) is 1.47. The molecular formula is C19H21N3O4. The number of ether oxygens (including phenoxy) is 3. The van der Waals surface area contributed by atoms with E-state index >= 15 is 0 Å². The van der Waals surface area contributed by atoms with E-state index in [9.17, 15) is 4.79 Å². The molecule has 7 heteroatoms. The third kappa shape index (κ3) is 3.88. The van der Waals surface area contributed by atoms with Crippen molar-refractivity contribution >= 4 is 11.7 Å². The molecule has 136 valence electrons. The number of hydrogen-bond donors (Lipinski definition) is 2. The summed E-state index contributed by atoms with van der Waals surface area (Å²) in [4.78, 5) is 16.6. The van der Waals surface area contributed by atoms with Crippen LogP contribution in [0.15, 0.2) is 36.5 Å². The second kappa shape index (κ2) is 7.61. The Hall–Kier alpha value is -2.80. The number of amides is 1. The van der Waals surface area contributed by atoms with Crippen molar-refractivity contribution in [2.75, 3.05) is 25.3 Å². The van der Waals surface area contributed by atoms with Gasteiger partial charge in [-0.3, -0.25) is 4.79 Å². The Labute approximate surface area is 151 Å². The summed E-state index contributed by atoms with van der Waals surface area (Å²) in [6.07, 6.45) is 4.02. The van der Waals surface area contributed by atoms with Gasteiger partial charge in [-0.25, -0.2) is 4.98 Å². The lowest BCUT2D eigenvalue weighted by Crippen LogP contribution is -2.23. The minimum absolute atomic E-state index is 0.166. The number of rotatable bonds is 6. The van der Waals surface area contributed by atoms with E-state index in [1.807, 2.05) is 24.3 Å². The largest absolute Gasteiger partial charge is 0.454 e. The number of nitrogens with one attached hydrogen (secondary N) is 2. The number of anilines is 1. The van der Waals surface area contributed by atoms with Gasteiger partial charge in [0.25, 0.3) is 5.91 Å². The smallest absolute Gasteiger partial charge is 0.253 e. The Morgan fingerprint density at radius 3 is 2.92 bits per heavy atom. The van der Waals surface area contributed by atoms with E-state index in [0.717, 1.165) is 43.1 Å². The van der Waals surface area contributed by atoms with E-state index in [2.05, 4.69) is 15.6 Å². The molecule has 4 rings (SSSR count). The topological polar surface area (TPSA) is 81.7 Å². The normalized spacial score (nSPS) is 17.9. The van der Waals surface area contributed by atoms with Gasteiger partial charge in [0, 0.05) is 25.9 Å². The predicted molar refractivity (Wildman–Crippen MR) is 95.4 cm³/mol. The molecular weight excluding hydrogens is 334 g/mol. The quantitative estimate of drug-likeness (QED) is 0.828. The molecule has 1 aromatic carbocycles. The highest BCUT2D eigenvalue weighted by Gasteiger charge is 2.16. The zero-order valence-electron chi connectivity index (χ0n) is 14.4. The van der Waals surface area contributed by atoms with E-state index in [1.165, 1.54) is 0 Å². The molecule has 2 aliphatic heterocycles. The second-order valence-electron chi connectivity index (χ2n) is 6.32. The highest BCUT2D eigenvalue weighted by Crippen LogP contribution is 2.32. The molecule has 0 aliphatic carbocycles. The number of carbonyl (C=O) groups is 1. The molecule has 1 unspecified atom stereocenters. The van der Waals surface area contributed by atoms with Crippen LogP contribution in [0.25, 0.3) is 0 Å². The van der Waals surface area contributed by atoms with Crippen molar-refractivity contribution in [3.63, 3.8) is 0 Å². The van der Waals surface area contributed by atoms with Crippen molar-refractivity contribution < 1.29 is 19.0 Å². The van der Waals surface area contributed by atoms with Gasteiger partial charge in [0.15, 0.2) is 11.5 Å². The van der Waals surface area contributed by atoms with Gasteiger partial charge >= 0.3 is 0 Å². The van der Waals surface area contributed by atoms with Gasteiger partial charge in [-0.15, -0.1) is 0 Å². The third-order valence-electron chi connectivity index (χ3n) is 4.45. The molecule has 2 aliphatic rings. The predicted octanol–water partition coefficient (Wildman–Crippen LogP) is 2.33. The second-order valence-corrected chi connectivity index (χ2v) is 6.32. The lowest BCUT2D eigenvalue weighted by molar-refractivity contribution is 0.0950. The lowest BCUT2D eigenvalue weighted by Gasteiger charge is -2.11.